The molecule has 2 aromatic rings. The number of fused-ring (bicyclic) bond motifs is 1. The number of ether oxygens (including phenoxy) is 1. The molecule has 1 unspecified atom stereocenters. The Bertz CT molecular complexity index is 889. The number of esters is 1. The van der Waals surface area contributed by atoms with E-state index in [4.69, 9.17) is 4.74 Å². The van der Waals surface area contributed by atoms with E-state index in [-0.39, 0.29) is 17.8 Å². The van der Waals surface area contributed by atoms with Crippen LogP contribution in [0, 0.1) is 5.82 Å². The van der Waals surface area contributed by atoms with Gasteiger partial charge in [-0.15, -0.1) is 0 Å². The highest BCUT2D eigenvalue weighted by Gasteiger charge is 2.53. The minimum absolute atomic E-state index is 0.135. The van der Waals surface area contributed by atoms with Crippen LogP contribution in [0.1, 0.15) is 52.4 Å². The van der Waals surface area contributed by atoms with Gasteiger partial charge >= 0.3 is 5.97 Å². The predicted molar refractivity (Wildman–Crippen MR) is 94.3 cm³/mol. The summed E-state index contributed by atoms with van der Waals surface area (Å²) in [5, 5.41) is 3.09. The number of benzene rings is 2. The van der Waals surface area contributed by atoms with Crippen LogP contribution in [0.3, 0.4) is 0 Å². The van der Waals surface area contributed by atoms with Crippen molar-refractivity contribution in [2.75, 3.05) is 7.11 Å². The van der Waals surface area contributed by atoms with Gasteiger partial charge in [0, 0.05) is 5.56 Å². The standard InChI is InChI=1S/C21H20FNO3/c1-26-19(24)14-7-6-13-8-9-18(15(13)12-14)23-20(25)21(10-11-21)16-4-2-3-5-17(16)22/h2-7,12,18H,8-11H2,1H3,(H,23,25). The van der Waals surface area contributed by atoms with Gasteiger partial charge in [-0.05, 0) is 55.0 Å². The SMILES string of the molecule is COC(=O)c1ccc2c(c1)C(NC(=O)C1(c3ccccc3F)CC1)CC2. The Labute approximate surface area is 151 Å². The number of amides is 1. The molecule has 0 spiro atoms. The normalized spacial score (nSPS) is 19.5. The molecule has 1 amide bonds. The zero-order valence-electron chi connectivity index (χ0n) is 14.5. The number of nitrogens with one attached hydrogen (secondary N) is 1. The maximum Gasteiger partial charge on any atom is 0.337 e. The third kappa shape index (κ3) is 2.68. The van der Waals surface area contributed by atoms with Crippen LogP contribution in [0.25, 0.3) is 0 Å². The van der Waals surface area contributed by atoms with Crippen molar-refractivity contribution in [3.05, 3.63) is 70.5 Å². The molecule has 1 N–H and O–H groups in total. The van der Waals surface area contributed by atoms with Crippen LogP contribution in [0.15, 0.2) is 42.5 Å². The van der Waals surface area contributed by atoms with Gasteiger partial charge in [-0.2, -0.15) is 0 Å². The van der Waals surface area contributed by atoms with Gasteiger partial charge in [-0.3, -0.25) is 4.79 Å². The number of hydrogen-bond donors (Lipinski definition) is 1. The summed E-state index contributed by atoms with van der Waals surface area (Å²) in [6, 6.07) is 11.8. The molecular weight excluding hydrogens is 333 g/mol. The van der Waals surface area contributed by atoms with Crippen LogP contribution in [0.2, 0.25) is 0 Å². The molecule has 0 radical (unpaired) electrons. The summed E-state index contributed by atoms with van der Waals surface area (Å²) in [6.07, 6.45) is 2.93. The van der Waals surface area contributed by atoms with Crippen LogP contribution >= 0.6 is 0 Å². The highest BCUT2D eigenvalue weighted by atomic mass is 19.1. The van der Waals surface area contributed by atoms with Crippen LogP contribution < -0.4 is 5.32 Å². The third-order valence-electron chi connectivity index (χ3n) is 5.52. The Morgan fingerprint density at radius 2 is 1.96 bits per heavy atom. The highest BCUT2D eigenvalue weighted by Crippen LogP contribution is 2.50. The molecule has 1 fully saturated rings. The first-order chi connectivity index (χ1) is 12.5. The second kappa shape index (κ2) is 6.24. The summed E-state index contributed by atoms with van der Waals surface area (Å²) in [7, 11) is 1.35. The fourth-order valence-electron chi connectivity index (χ4n) is 3.89. The zero-order valence-corrected chi connectivity index (χ0v) is 14.5. The average molecular weight is 353 g/mol. The van der Waals surface area contributed by atoms with Crippen molar-refractivity contribution in [1.82, 2.24) is 5.32 Å². The van der Waals surface area contributed by atoms with Crippen LogP contribution in [-0.4, -0.2) is 19.0 Å². The molecule has 0 bridgehead atoms. The molecule has 4 rings (SSSR count). The first-order valence-electron chi connectivity index (χ1n) is 8.82. The molecule has 0 aliphatic heterocycles. The van der Waals surface area contributed by atoms with Crippen molar-refractivity contribution in [2.45, 2.75) is 37.1 Å². The van der Waals surface area contributed by atoms with Crippen LogP contribution in [0.5, 0.6) is 0 Å². The molecule has 2 aliphatic rings. The number of hydrogen-bond acceptors (Lipinski definition) is 3. The Morgan fingerprint density at radius 3 is 2.65 bits per heavy atom. The number of aryl methyl sites for hydroxylation is 1. The molecule has 2 aliphatic carbocycles. The second-order valence-electron chi connectivity index (χ2n) is 7.03. The quantitative estimate of drug-likeness (QED) is 0.857. The van der Waals surface area contributed by atoms with E-state index in [9.17, 15) is 14.0 Å². The van der Waals surface area contributed by atoms with E-state index in [0.29, 0.717) is 24.0 Å². The largest absolute Gasteiger partial charge is 0.465 e. The summed E-state index contributed by atoms with van der Waals surface area (Å²) in [6.45, 7) is 0. The van der Waals surface area contributed by atoms with Crippen LogP contribution in [0.4, 0.5) is 4.39 Å². The van der Waals surface area contributed by atoms with E-state index in [1.807, 2.05) is 6.07 Å². The molecule has 0 heterocycles. The van der Waals surface area contributed by atoms with Gasteiger partial charge in [0.2, 0.25) is 5.91 Å². The summed E-state index contributed by atoms with van der Waals surface area (Å²) in [4.78, 5) is 24.7. The van der Waals surface area contributed by atoms with Gasteiger partial charge in [0.1, 0.15) is 5.82 Å². The van der Waals surface area contributed by atoms with Gasteiger partial charge in [-0.25, -0.2) is 9.18 Å². The van der Waals surface area contributed by atoms with E-state index in [0.717, 1.165) is 24.0 Å². The number of carbonyl (C=O) groups excluding carboxylic acids is 2. The lowest BCUT2D eigenvalue weighted by atomic mass is 9.93. The molecule has 4 nitrogen and oxygen atoms in total. The molecule has 134 valence electrons. The van der Waals surface area contributed by atoms with Crippen molar-refractivity contribution in [1.29, 1.82) is 0 Å². The van der Waals surface area contributed by atoms with E-state index in [1.54, 1.807) is 30.3 Å². The number of halogens is 1. The fourth-order valence-corrected chi connectivity index (χ4v) is 3.89. The van der Waals surface area contributed by atoms with Gasteiger partial charge in [0.25, 0.3) is 0 Å². The van der Waals surface area contributed by atoms with Crippen LogP contribution in [-0.2, 0) is 21.4 Å². The van der Waals surface area contributed by atoms with E-state index in [1.165, 1.54) is 13.2 Å². The summed E-state index contributed by atoms with van der Waals surface area (Å²) >= 11 is 0. The van der Waals surface area contributed by atoms with Crippen molar-refractivity contribution < 1.29 is 18.7 Å². The zero-order chi connectivity index (χ0) is 18.3. The second-order valence-corrected chi connectivity index (χ2v) is 7.03. The fraction of sp³-hybridized carbons (Fsp3) is 0.333. The average Bonchev–Trinajstić information content (AvgIpc) is 3.38. The maximum atomic E-state index is 14.2. The Hall–Kier alpha value is -2.69. The smallest absolute Gasteiger partial charge is 0.337 e. The third-order valence-corrected chi connectivity index (χ3v) is 5.52. The van der Waals surface area contributed by atoms with Crippen molar-refractivity contribution >= 4 is 11.9 Å². The first-order valence-corrected chi connectivity index (χ1v) is 8.82. The number of methoxy groups -OCH3 is 1. The Kier molecular flexibility index (Phi) is 4.02. The van der Waals surface area contributed by atoms with Crippen molar-refractivity contribution in [3.63, 3.8) is 0 Å². The highest BCUT2D eigenvalue weighted by molar-refractivity contribution is 5.92. The molecule has 1 saturated carbocycles. The Morgan fingerprint density at radius 1 is 1.19 bits per heavy atom. The van der Waals surface area contributed by atoms with Gasteiger partial charge < -0.3 is 10.1 Å². The minimum atomic E-state index is -0.756. The number of carbonyl (C=O) groups is 2. The molecular formula is C21H20FNO3. The number of rotatable bonds is 4. The monoisotopic (exact) mass is 353 g/mol. The van der Waals surface area contributed by atoms with Gasteiger partial charge in [-0.1, -0.05) is 24.3 Å². The van der Waals surface area contributed by atoms with E-state index >= 15 is 0 Å². The van der Waals surface area contributed by atoms with Crippen molar-refractivity contribution in [3.8, 4) is 0 Å². The summed E-state index contributed by atoms with van der Waals surface area (Å²) in [5.41, 5.74) is 2.26. The summed E-state index contributed by atoms with van der Waals surface area (Å²) in [5.74, 6) is -0.862. The lowest BCUT2D eigenvalue weighted by Crippen LogP contribution is -2.37. The molecule has 2 aromatic carbocycles. The lowest BCUT2D eigenvalue weighted by molar-refractivity contribution is -0.124. The molecule has 0 saturated heterocycles. The van der Waals surface area contributed by atoms with Crippen molar-refractivity contribution in [2.24, 2.45) is 0 Å². The topological polar surface area (TPSA) is 55.4 Å². The van der Waals surface area contributed by atoms with E-state index in [2.05, 4.69) is 5.32 Å². The van der Waals surface area contributed by atoms with Gasteiger partial charge in [0.15, 0.2) is 0 Å². The first kappa shape index (κ1) is 16.8. The Balaban J connectivity index is 1.58. The lowest BCUT2D eigenvalue weighted by Gasteiger charge is -2.21. The molecule has 26 heavy (non-hydrogen) atoms. The maximum absolute atomic E-state index is 14.2. The van der Waals surface area contributed by atoms with E-state index < -0.39 is 11.4 Å². The predicted octanol–water partition coefficient (Wildman–Crippen LogP) is 3.45. The van der Waals surface area contributed by atoms with Gasteiger partial charge in [0.05, 0.1) is 24.1 Å². The molecule has 0 aromatic heterocycles. The molecule has 5 heteroatoms. The molecule has 1 atom stereocenters. The summed E-state index contributed by atoms with van der Waals surface area (Å²) < 4.78 is 19.0. The minimum Gasteiger partial charge on any atom is -0.465 e.